The minimum atomic E-state index is -1.02. The normalized spacial score (nSPS) is 28.8. The third-order valence-electron chi connectivity index (χ3n) is 4.12. The lowest BCUT2D eigenvalue weighted by Crippen LogP contribution is -2.37. The van der Waals surface area contributed by atoms with E-state index >= 15 is 0 Å². The largest absolute Gasteiger partial charge is 0.481 e. The summed E-state index contributed by atoms with van der Waals surface area (Å²) in [5.74, 6) is -3.16. The van der Waals surface area contributed by atoms with Crippen LogP contribution in [0.3, 0.4) is 0 Å². The fraction of sp³-hybridized carbons (Fsp3) is 0.412. The molecule has 5 heteroatoms. The third kappa shape index (κ3) is 2.64. The average Bonchev–Trinajstić information content (AvgIpc) is 3.04. The van der Waals surface area contributed by atoms with E-state index in [0.29, 0.717) is 0 Å². The average molecular weight is 302 g/mol. The predicted molar refractivity (Wildman–Crippen MR) is 78.1 cm³/mol. The Morgan fingerprint density at radius 3 is 2.27 bits per heavy atom. The molecule has 22 heavy (non-hydrogen) atoms. The van der Waals surface area contributed by atoms with Crippen LogP contribution in [0.5, 0.6) is 0 Å². The van der Waals surface area contributed by atoms with Crippen LogP contribution in [0.15, 0.2) is 30.4 Å². The molecule has 0 spiro atoms. The van der Waals surface area contributed by atoms with Crippen molar-refractivity contribution in [3.8, 4) is 0 Å². The molecule has 1 saturated heterocycles. The second-order valence-electron chi connectivity index (χ2n) is 5.94. The van der Waals surface area contributed by atoms with Crippen LogP contribution in [0.1, 0.15) is 16.7 Å². The maximum atomic E-state index is 12.3. The molecule has 1 N–H and O–H groups in total. The maximum absolute atomic E-state index is 12.3. The highest BCUT2D eigenvalue weighted by Crippen LogP contribution is 2.40. The van der Waals surface area contributed by atoms with E-state index in [1.165, 1.54) is 0 Å². The molecule has 4 atom stereocenters. The molecular weight excluding hydrogens is 284 g/mol. The number of esters is 1. The summed E-state index contributed by atoms with van der Waals surface area (Å²) in [6, 6.07) is 5.94. The van der Waals surface area contributed by atoms with Crippen molar-refractivity contribution in [1.82, 2.24) is 0 Å². The van der Waals surface area contributed by atoms with Crippen LogP contribution >= 0.6 is 0 Å². The van der Waals surface area contributed by atoms with Crippen molar-refractivity contribution in [2.75, 3.05) is 0 Å². The number of hydrogen-bond acceptors (Lipinski definition) is 4. The van der Waals surface area contributed by atoms with E-state index in [-0.39, 0.29) is 6.61 Å². The number of carbonyl (C=O) groups excluding carboxylic acids is 1. The topological polar surface area (TPSA) is 72.8 Å². The van der Waals surface area contributed by atoms with Crippen molar-refractivity contribution < 1.29 is 24.2 Å². The summed E-state index contributed by atoms with van der Waals surface area (Å²) in [4.78, 5) is 23.6. The first kappa shape index (κ1) is 14.8. The predicted octanol–water partition coefficient (Wildman–Crippen LogP) is 2.00. The molecule has 2 aliphatic rings. The number of rotatable bonds is 4. The second-order valence-corrected chi connectivity index (χ2v) is 5.94. The Morgan fingerprint density at radius 2 is 1.68 bits per heavy atom. The second kappa shape index (κ2) is 5.57. The lowest BCUT2D eigenvalue weighted by Gasteiger charge is -2.20. The van der Waals surface area contributed by atoms with Crippen molar-refractivity contribution in [3.63, 3.8) is 0 Å². The zero-order valence-electron chi connectivity index (χ0n) is 12.5. The highest BCUT2D eigenvalue weighted by atomic mass is 16.5. The quantitative estimate of drug-likeness (QED) is 0.680. The van der Waals surface area contributed by atoms with Crippen LogP contribution in [0.25, 0.3) is 0 Å². The van der Waals surface area contributed by atoms with Crippen molar-refractivity contribution in [2.45, 2.75) is 32.7 Å². The minimum absolute atomic E-state index is 0.144. The number of carbonyl (C=O) groups is 2. The van der Waals surface area contributed by atoms with Crippen LogP contribution < -0.4 is 0 Å². The Balaban J connectivity index is 1.69. The fourth-order valence-corrected chi connectivity index (χ4v) is 3.29. The first-order valence-corrected chi connectivity index (χ1v) is 7.26. The number of carboxylic acids is 1. The van der Waals surface area contributed by atoms with Gasteiger partial charge >= 0.3 is 11.9 Å². The van der Waals surface area contributed by atoms with Gasteiger partial charge in [0.15, 0.2) is 0 Å². The summed E-state index contributed by atoms with van der Waals surface area (Å²) in [6.45, 7) is 4.10. The van der Waals surface area contributed by atoms with Crippen molar-refractivity contribution in [3.05, 3.63) is 47.0 Å². The summed E-state index contributed by atoms with van der Waals surface area (Å²) in [6.07, 6.45) is 2.43. The molecule has 0 aliphatic carbocycles. The summed E-state index contributed by atoms with van der Waals surface area (Å²) < 4.78 is 10.8. The van der Waals surface area contributed by atoms with Gasteiger partial charge in [-0.15, -0.1) is 0 Å². The van der Waals surface area contributed by atoms with Gasteiger partial charge < -0.3 is 14.6 Å². The number of ether oxygens (including phenoxy) is 2. The first-order chi connectivity index (χ1) is 10.5. The van der Waals surface area contributed by atoms with Gasteiger partial charge in [-0.3, -0.25) is 9.59 Å². The van der Waals surface area contributed by atoms with E-state index in [1.807, 2.05) is 32.0 Å². The van der Waals surface area contributed by atoms with Crippen LogP contribution in [0.4, 0.5) is 0 Å². The Hall–Kier alpha value is -2.14. The van der Waals surface area contributed by atoms with E-state index < -0.39 is 36.0 Å². The molecule has 2 bridgehead atoms. The molecule has 2 aliphatic heterocycles. The van der Waals surface area contributed by atoms with E-state index in [0.717, 1.165) is 16.7 Å². The fourth-order valence-electron chi connectivity index (χ4n) is 3.29. The minimum Gasteiger partial charge on any atom is -0.481 e. The SMILES string of the molecule is Cc1cc(C)cc(COC(=O)C2C3C=CC(O3)C2C(=O)O)c1. The van der Waals surface area contributed by atoms with Gasteiger partial charge in [-0.2, -0.15) is 0 Å². The number of hydrogen-bond donors (Lipinski definition) is 1. The molecule has 0 saturated carbocycles. The Morgan fingerprint density at radius 1 is 1.09 bits per heavy atom. The van der Waals surface area contributed by atoms with Gasteiger partial charge in [0.2, 0.25) is 0 Å². The van der Waals surface area contributed by atoms with Gasteiger partial charge in [-0.1, -0.05) is 41.5 Å². The molecule has 2 heterocycles. The van der Waals surface area contributed by atoms with Gasteiger partial charge in [0, 0.05) is 0 Å². The summed E-state index contributed by atoms with van der Waals surface area (Å²) >= 11 is 0. The monoisotopic (exact) mass is 302 g/mol. The Bertz CT molecular complexity index is 628. The molecule has 0 radical (unpaired) electrons. The van der Waals surface area contributed by atoms with Gasteiger partial charge in [-0.05, 0) is 19.4 Å². The number of aliphatic carboxylic acids is 1. The van der Waals surface area contributed by atoms with Crippen LogP contribution in [0.2, 0.25) is 0 Å². The molecule has 3 rings (SSSR count). The van der Waals surface area contributed by atoms with Gasteiger partial charge in [0.1, 0.15) is 18.4 Å². The maximum Gasteiger partial charge on any atom is 0.313 e. The summed E-state index contributed by atoms with van der Waals surface area (Å²) in [7, 11) is 0. The first-order valence-electron chi connectivity index (χ1n) is 7.26. The number of fused-ring (bicyclic) bond motifs is 2. The van der Waals surface area contributed by atoms with Gasteiger partial charge in [0.25, 0.3) is 0 Å². The lowest BCUT2D eigenvalue weighted by atomic mass is 9.83. The zero-order chi connectivity index (χ0) is 15.9. The highest BCUT2D eigenvalue weighted by molar-refractivity contribution is 5.84. The lowest BCUT2D eigenvalue weighted by molar-refractivity contribution is -0.157. The van der Waals surface area contributed by atoms with Crippen molar-refractivity contribution in [2.24, 2.45) is 11.8 Å². The summed E-state index contributed by atoms with van der Waals surface area (Å²) in [5, 5.41) is 9.29. The molecule has 5 nitrogen and oxygen atoms in total. The highest BCUT2D eigenvalue weighted by Gasteiger charge is 2.54. The molecule has 0 aromatic heterocycles. The molecule has 4 unspecified atom stereocenters. The molecular formula is C17H18O5. The van der Waals surface area contributed by atoms with Gasteiger partial charge in [0.05, 0.1) is 12.2 Å². The Kier molecular flexibility index (Phi) is 3.74. The zero-order valence-corrected chi connectivity index (χ0v) is 12.5. The molecule has 1 aromatic rings. The van der Waals surface area contributed by atoms with E-state index in [9.17, 15) is 14.7 Å². The molecule has 1 aromatic carbocycles. The standard InChI is InChI=1S/C17H18O5/c1-9-5-10(2)7-11(6-9)8-21-17(20)15-13-4-3-12(22-13)14(15)16(18)19/h3-7,12-15H,8H2,1-2H3,(H,18,19). The molecule has 116 valence electrons. The molecule has 1 fully saturated rings. The molecule has 0 amide bonds. The third-order valence-corrected chi connectivity index (χ3v) is 4.12. The number of aryl methyl sites for hydroxylation is 2. The van der Waals surface area contributed by atoms with Crippen molar-refractivity contribution in [1.29, 1.82) is 0 Å². The van der Waals surface area contributed by atoms with E-state index in [4.69, 9.17) is 9.47 Å². The van der Waals surface area contributed by atoms with Gasteiger partial charge in [-0.25, -0.2) is 0 Å². The number of carboxylic acid groups (broad SMARTS) is 1. The Labute approximate surface area is 128 Å². The van der Waals surface area contributed by atoms with E-state index in [2.05, 4.69) is 0 Å². The van der Waals surface area contributed by atoms with Crippen LogP contribution in [-0.4, -0.2) is 29.3 Å². The van der Waals surface area contributed by atoms with Crippen LogP contribution in [-0.2, 0) is 25.7 Å². The summed E-state index contributed by atoms with van der Waals surface area (Å²) in [5.41, 5.74) is 3.10. The van der Waals surface area contributed by atoms with Crippen molar-refractivity contribution >= 4 is 11.9 Å². The van der Waals surface area contributed by atoms with E-state index in [1.54, 1.807) is 12.2 Å². The van der Waals surface area contributed by atoms with Crippen LogP contribution in [0, 0.1) is 25.7 Å². The smallest absolute Gasteiger partial charge is 0.313 e. The number of benzene rings is 1.